The Morgan fingerprint density at radius 2 is 1.67 bits per heavy atom. The molecule has 1 saturated heterocycles. The standard InChI is InChI=1S/C25H24FN3O3S/c1-16-14-21(28-23(30)17-8-7-9-18(26)15-17)33-22(16)24(31)27-20-11-4-3-10-19(20)25(32)29-12-5-2-6-13-29/h3-4,7-11,14-15H,2,5-6,12-13H2,1H3,(H,27,31)(H,28,30). The molecule has 33 heavy (non-hydrogen) atoms. The predicted octanol–water partition coefficient (Wildman–Crippen LogP) is 5.33. The van der Waals surface area contributed by atoms with E-state index in [2.05, 4.69) is 10.6 Å². The average molecular weight is 466 g/mol. The number of amides is 3. The summed E-state index contributed by atoms with van der Waals surface area (Å²) in [4.78, 5) is 40.7. The molecule has 3 amide bonds. The molecule has 170 valence electrons. The van der Waals surface area contributed by atoms with Crippen molar-refractivity contribution in [1.82, 2.24) is 4.90 Å². The van der Waals surface area contributed by atoms with Gasteiger partial charge in [0.05, 0.1) is 21.1 Å². The zero-order valence-electron chi connectivity index (χ0n) is 18.2. The molecule has 1 aromatic heterocycles. The van der Waals surface area contributed by atoms with Crippen LogP contribution in [-0.4, -0.2) is 35.7 Å². The number of hydrogen-bond acceptors (Lipinski definition) is 4. The molecule has 0 atom stereocenters. The molecule has 0 radical (unpaired) electrons. The molecule has 0 aliphatic carbocycles. The Balaban J connectivity index is 1.49. The highest BCUT2D eigenvalue weighted by Gasteiger charge is 2.22. The Morgan fingerprint density at radius 1 is 0.909 bits per heavy atom. The fourth-order valence-corrected chi connectivity index (χ4v) is 4.77. The maximum absolute atomic E-state index is 13.4. The van der Waals surface area contributed by atoms with Crippen molar-refractivity contribution in [2.75, 3.05) is 23.7 Å². The number of carbonyl (C=O) groups is 3. The van der Waals surface area contributed by atoms with Gasteiger partial charge in [0, 0.05) is 18.7 Å². The molecule has 0 saturated carbocycles. The van der Waals surface area contributed by atoms with Crippen LogP contribution in [0.1, 0.15) is 55.2 Å². The molecule has 8 heteroatoms. The molecule has 6 nitrogen and oxygen atoms in total. The number of nitrogens with one attached hydrogen (secondary N) is 2. The first kappa shape index (κ1) is 22.7. The van der Waals surface area contributed by atoms with Crippen molar-refractivity contribution >= 4 is 39.7 Å². The summed E-state index contributed by atoms with van der Waals surface area (Å²) in [5.41, 5.74) is 1.79. The monoisotopic (exact) mass is 465 g/mol. The van der Waals surface area contributed by atoms with Gasteiger partial charge in [-0.1, -0.05) is 18.2 Å². The second-order valence-electron chi connectivity index (χ2n) is 7.94. The highest BCUT2D eigenvalue weighted by molar-refractivity contribution is 7.18. The number of halogens is 1. The Bertz CT molecular complexity index is 1200. The number of carbonyl (C=O) groups excluding carboxylic acids is 3. The van der Waals surface area contributed by atoms with Crippen LogP contribution in [-0.2, 0) is 0 Å². The lowest BCUT2D eigenvalue weighted by molar-refractivity contribution is 0.0725. The molecule has 1 aliphatic rings. The second-order valence-corrected chi connectivity index (χ2v) is 8.99. The molecule has 1 fully saturated rings. The Kier molecular flexibility index (Phi) is 6.84. The third kappa shape index (κ3) is 5.28. The molecular weight excluding hydrogens is 441 g/mol. The first-order valence-electron chi connectivity index (χ1n) is 10.8. The van der Waals surface area contributed by atoms with Gasteiger partial charge in [-0.15, -0.1) is 11.3 Å². The Hall–Kier alpha value is -3.52. The summed E-state index contributed by atoms with van der Waals surface area (Å²) in [6, 6.07) is 14.1. The summed E-state index contributed by atoms with van der Waals surface area (Å²) in [5.74, 6) is -1.40. The van der Waals surface area contributed by atoms with Gasteiger partial charge in [-0.2, -0.15) is 0 Å². The number of benzene rings is 2. The number of nitrogens with zero attached hydrogens (tertiary/aromatic N) is 1. The number of para-hydroxylation sites is 1. The molecule has 0 spiro atoms. The van der Waals surface area contributed by atoms with Crippen LogP contribution >= 0.6 is 11.3 Å². The van der Waals surface area contributed by atoms with E-state index in [1.54, 1.807) is 37.3 Å². The average Bonchev–Trinajstić information content (AvgIpc) is 3.19. The highest BCUT2D eigenvalue weighted by Crippen LogP contribution is 2.29. The van der Waals surface area contributed by atoms with Crippen molar-refractivity contribution in [3.63, 3.8) is 0 Å². The predicted molar refractivity (Wildman–Crippen MR) is 128 cm³/mol. The summed E-state index contributed by atoms with van der Waals surface area (Å²) in [6.07, 6.45) is 3.09. The van der Waals surface area contributed by atoms with Crippen LogP contribution < -0.4 is 10.6 Å². The lowest BCUT2D eigenvalue weighted by atomic mass is 10.1. The van der Waals surface area contributed by atoms with Gasteiger partial charge in [0.25, 0.3) is 17.7 Å². The third-order valence-corrected chi connectivity index (χ3v) is 6.65. The number of likely N-dealkylation sites (tertiary alicyclic amines) is 1. The molecule has 2 aromatic carbocycles. The van der Waals surface area contributed by atoms with Crippen molar-refractivity contribution in [3.8, 4) is 0 Å². The second kappa shape index (κ2) is 9.95. The van der Waals surface area contributed by atoms with E-state index in [-0.39, 0.29) is 17.4 Å². The van der Waals surface area contributed by atoms with E-state index in [4.69, 9.17) is 0 Å². The normalized spacial score (nSPS) is 13.5. The fourth-order valence-electron chi connectivity index (χ4n) is 3.81. The van der Waals surface area contributed by atoms with Gasteiger partial charge in [-0.05, 0) is 68.1 Å². The van der Waals surface area contributed by atoms with Gasteiger partial charge in [0.1, 0.15) is 5.82 Å². The van der Waals surface area contributed by atoms with Crippen LogP contribution in [0.2, 0.25) is 0 Å². The van der Waals surface area contributed by atoms with E-state index in [1.807, 2.05) is 4.90 Å². The topological polar surface area (TPSA) is 78.5 Å². The van der Waals surface area contributed by atoms with E-state index in [9.17, 15) is 18.8 Å². The Labute approximate surface area is 195 Å². The van der Waals surface area contributed by atoms with Crippen molar-refractivity contribution < 1.29 is 18.8 Å². The van der Waals surface area contributed by atoms with Gasteiger partial charge in [0.15, 0.2) is 0 Å². The van der Waals surface area contributed by atoms with Crippen molar-refractivity contribution in [2.45, 2.75) is 26.2 Å². The zero-order chi connectivity index (χ0) is 23.4. The minimum Gasteiger partial charge on any atom is -0.339 e. The van der Waals surface area contributed by atoms with Crippen LogP contribution in [0.3, 0.4) is 0 Å². The highest BCUT2D eigenvalue weighted by atomic mass is 32.1. The largest absolute Gasteiger partial charge is 0.339 e. The van der Waals surface area contributed by atoms with E-state index in [0.29, 0.717) is 26.7 Å². The van der Waals surface area contributed by atoms with Crippen LogP contribution in [0, 0.1) is 12.7 Å². The molecule has 3 aromatic rings. The third-order valence-electron chi connectivity index (χ3n) is 5.50. The maximum atomic E-state index is 13.4. The molecule has 0 bridgehead atoms. The molecule has 4 rings (SSSR count). The van der Waals surface area contributed by atoms with Crippen molar-refractivity contribution in [3.05, 3.63) is 82.0 Å². The van der Waals surface area contributed by atoms with Gasteiger partial charge < -0.3 is 15.5 Å². The zero-order valence-corrected chi connectivity index (χ0v) is 19.0. The smallest absolute Gasteiger partial charge is 0.266 e. The summed E-state index contributed by atoms with van der Waals surface area (Å²) in [5, 5.41) is 6.04. The number of hydrogen-bond donors (Lipinski definition) is 2. The number of thiophene rings is 1. The molecule has 0 unspecified atom stereocenters. The van der Waals surface area contributed by atoms with E-state index >= 15 is 0 Å². The lowest BCUT2D eigenvalue weighted by Gasteiger charge is -2.27. The quantitative estimate of drug-likeness (QED) is 0.535. The summed E-state index contributed by atoms with van der Waals surface area (Å²) >= 11 is 1.12. The van der Waals surface area contributed by atoms with Crippen LogP contribution in [0.5, 0.6) is 0 Å². The summed E-state index contributed by atoms with van der Waals surface area (Å²) in [6.45, 7) is 3.22. The van der Waals surface area contributed by atoms with Gasteiger partial charge >= 0.3 is 0 Å². The first-order valence-corrected chi connectivity index (χ1v) is 11.6. The molecule has 1 aliphatic heterocycles. The van der Waals surface area contributed by atoms with Crippen LogP contribution in [0.4, 0.5) is 15.1 Å². The fraction of sp³-hybridized carbons (Fsp3) is 0.240. The molecular formula is C25H24FN3O3S. The van der Waals surface area contributed by atoms with Crippen LogP contribution in [0.25, 0.3) is 0 Å². The number of anilines is 2. The minimum atomic E-state index is -0.497. The van der Waals surface area contributed by atoms with Gasteiger partial charge in [0.2, 0.25) is 0 Å². The van der Waals surface area contributed by atoms with Gasteiger partial charge in [-0.25, -0.2) is 4.39 Å². The number of aryl methyl sites for hydroxylation is 1. The lowest BCUT2D eigenvalue weighted by Crippen LogP contribution is -2.36. The summed E-state index contributed by atoms with van der Waals surface area (Å²) in [7, 11) is 0. The van der Waals surface area contributed by atoms with Crippen molar-refractivity contribution in [1.29, 1.82) is 0 Å². The van der Waals surface area contributed by atoms with Crippen molar-refractivity contribution in [2.24, 2.45) is 0 Å². The van der Waals surface area contributed by atoms with Crippen LogP contribution in [0.15, 0.2) is 54.6 Å². The molecule has 2 heterocycles. The van der Waals surface area contributed by atoms with E-state index in [0.717, 1.165) is 49.8 Å². The summed E-state index contributed by atoms with van der Waals surface area (Å²) < 4.78 is 13.4. The maximum Gasteiger partial charge on any atom is 0.266 e. The SMILES string of the molecule is Cc1cc(NC(=O)c2cccc(F)c2)sc1C(=O)Nc1ccccc1C(=O)N1CCCCC1. The number of piperidine rings is 1. The van der Waals surface area contributed by atoms with E-state index in [1.165, 1.54) is 18.2 Å². The minimum absolute atomic E-state index is 0.0865. The Morgan fingerprint density at radius 3 is 2.42 bits per heavy atom. The van der Waals surface area contributed by atoms with Gasteiger partial charge in [-0.3, -0.25) is 14.4 Å². The van der Waals surface area contributed by atoms with E-state index < -0.39 is 11.7 Å². The molecule has 2 N–H and O–H groups in total. The number of rotatable bonds is 5. The first-order chi connectivity index (χ1) is 15.9.